The molecule has 0 bridgehead atoms. The lowest BCUT2D eigenvalue weighted by Gasteiger charge is -2.17. The van der Waals surface area contributed by atoms with Gasteiger partial charge in [0.05, 0.1) is 26.9 Å². The first-order chi connectivity index (χ1) is 16.5. The Kier molecular flexibility index (Phi) is 7.23. The van der Waals surface area contributed by atoms with Gasteiger partial charge < -0.3 is 10.6 Å². The topological polar surface area (TPSA) is 88.2 Å². The number of nitrogens with zero attached hydrogens (tertiary/aromatic N) is 1. The van der Waals surface area contributed by atoms with Crippen molar-refractivity contribution >= 4 is 38.7 Å². The summed E-state index contributed by atoms with van der Waals surface area (Å²) >= 11 is 6.81. The third-order valence-electron chi connectivity index (χ3n) is 5.66. The number of halogens is 4. The molecule has 0 aliphatic heterocycles. The zero-order chi connectivity index (χ0) is 25.3. The highest BCUT2D eigenvalue weighted by Crippen LogP contribution is 2.36. The number of sulfone groups is 1. The molecule has 2 N–H and O–H groups in total. The zero-order valence-electron chi connectivity index (χ0n) is 18.2. The highest BCUT2D eigenvalue weighted by molar-refractivity contribution is 7.93. The number of pyridine rings is 1. The van der Waals surface area contributed by atoms with Crippen LogP contribution in [0.1, 0.15) is 24.0 Å². The molecule has 4 rings (SSSR count). The van der Waals surface area contributed by atoms with Crippen molar-refractivity contribution in [2.45, 2.75) is 35.3 Å². The summed E-state index contributed by atoms with van der Waals surface area (Å²) in [4.78, 5) is 17.0. The normalized spacial score (nSPS) is 15.1. The number of carbonyl (C=O) groups excluding carboxylic acids is 1. The molecule has 2 heterocycles. The Labute approximate surface area is 209 Å². The van der Waals surface area contributed by atoms with Gasteiger partial charge in [-0.15, -0.1) is 11.3 Å². The number of thiophene rings is 1. The largest absolute Gasteiger partial charge is 0.416 e. The van der Waals surface area contributed by atoms with Crippen molar-refractivity contribution in [1.82, 2.24) is 15.6 Å². The van der Waals surface area contributed by atoms with Gasteiger partial charge in [-0.25, -0.2) is 8.42 Å². The molecule has 1 aromatic carbocycles. The van der Waals surface area contributed by atoms with Gasteiger partial charge in [0.1, 0.15) is 4.21 Å². The van der Waals surface area contributed by atoms with E-state index in [2.05, 4.69) is 15.6 Å². The Morgan fingerprint density at radius 2 is 1.83 bits per heavy atom. The molecular weight excluding hydrogens is 523 g/mol. The van der Waals surface area contributed by atoms with E-state index in [9.17, 15) is 26.4 Å². The summed E-state index contributed by atoms with van der Waals surface area (Å²) in [5, 5.41) is 5.92. The van der Waals surface area contributed by atoms with Crippen LogP contribution in [0.25, 0.3) is 11.3 Å². The second kappa shape index (κ2) is 9.88. The number of hydrogen-bond donors (Lipinski definition) is 2. The summed E-state index contributed by atoms with van der Waals surface area (Å²) in [5.74, 6) is -0.387. The number of hydrogen-bond acceptors (Lipinski definition) is 6. The summed E-state index contributed by atoms with van der Waals surface area (Å²) in [6.07, 6.45) is -1.69. The van der Waals surface area contributed by atoms with Crippen LogP contribution in [0.2, 0.25) is 4.34 Å². The van der Waals surface area contributed by atoms with E-state index in [-0.39, 0.29) is 29.0 Å². The quantitative estimate of drug-likeness (QED) is 0.409. The maximum Gasteiger partial charge on any atom is 0.416 e. The van der Waals surface area contributed by atoms with Crippen LogP contribution in [-0.2, 0) is 27.4 Å². The van der Waals surface area contributed by atoms with Gasteiger partial charge in [-0.05, 0) is 54.8 Å². The first-order valence-corrected chi connectivity index (χ1v) is 13.5. The minimum Gasteiger partial charge on any atom is -0.350 e. The number of carbonyl (C=O) groups is 1. The molecule has 1 saturated carbocycles. The van der Waals surface area contributed by atoms with Crippen molar-refractivity contribution in [2.75, 3.05) is 12.3 Å². The van der Waals surface area contributed by atoms with Crippen molar-refractivity contribution in [3.63, 3.8) is 0 Å². The average Bonchev–Trinajstić information content (AvgIpc) is 3.47. The number of amides is 1. The summed E-state index contributed by atoms with van der Waals surface area (Å²) in [6.45, 7) is 0.322. The van der Waals surface area contributed by atoms with Gasteiger partial charge in [0.15, 0.2) is 9.84 Å². The van der Waals surface area contributed by atoms with Crippen LogP contribution in [0, 0.1) is 0 Å². The van der Waals surface area contributed by atoms with Crippen LogP contribution in [0.4, 0.5) is 13.2 Å². The number of nitrogens with one attached hydrogen (secondary N) is 2. The molecule has 6 nitrogen and oxygen atoms in total. The summed E-state index contributed by atoms with van der Waals surface area (Å²) in [5.41, 5.74) is 0.213. The molecule has 1 fully saturated rings. The maximum atomic E-state index is 12.8. The second-order valence-electron chi connectivity index (χ2n) is 8.19. The molecule has 0 radical (unpaired) electrons. The van der Waals surface area contributed by atoms with Crippen molar-refractivity contribution < 1.29 is 26.4 Å². The van der Waals surface area contributed by atoms with E-state index in [1.54, 1.807) is 12.1 Å². The first-order valence-electron chi connectivity index (χ1n) is 10.6. The molecule has 1 amide bonds. The van der Waals surface area contributed by atoms with Gasteiger partial charge >= 0.3 is 6.18 Å². The van der Waals surface area contributed by atoms with Gasteiger partial charge in [0.2, 0.25) is 5.91 Å². The van der Waals surface area contributed by atoms with Gasteiger partial charge in [-0.1, -0.05) is 23.7 Å². The van der Waals surface area contributed by atoms with Crippen LogP contribution >= 0.6 is 22.9 Å². The molecule has 12 heteroatoms. The summed E-state index contributed by atoms with van der Waals surface area (Å²) in [6, 6.07) is 11.1. The van der Waals surface area contributed by atoms with E-state index in [1.165, 1.54) is 30.5 Å². The van der Waals surface area contributed by atoms with Gasteiger partial charge in [0.25, 0.3) is 0 Å². The molecule has 186 valence electrons. The molecule has 0 saturated heterocycles. The molecule has 0 spiro atoms. The van der Waals surface area contributed by atoms with E-state index >= 15 is 0 Å². The highest BCUT2D eigenvalue weighted by Gasteiger charge is 2.49. The van der Waals surface area contributed by atoms with Crippen LogP contribution in [0.15, 0.2) is 58.9 Å². The Morgan fingerprint density at radius 3 is 2.43 bits per heavy atom. The zero-order valence-corrected chi connectivity index (χ0v) is 20.6. The summed E-state index contributed by atoms with van der Waals surface area (Å²) in [7, 11) is -3.49. The van der Waals surface area contributed by atoms with Crippen molar-refractivity contribution in [3.05, 3.63) is 70.2 Å². The molecule has 3 aromatic rings. The van der Waals surface area contributed by atoms with E-state index in [0.29, 0.717) is 28.4 Å². The fourth-order valence-corrected chi connectivity index (χ4v) is 6.31. The molecule has 0 atom stereocenters. The molecule has 0 unspecified atom stereocenters. The average molecular weight is 544 g/mol. The maximum absolute atomic E-state index is 12.8. The van der Waals surface area contributed by atoms with Crippen molar-refractivity contribution in [1.29, 1.82) is 0 Å². The fourth-order valence-electron chi connectivity index (χ4n) is 3.52. The van der Waals surface area contributed by atoms with Gasteiger partial charge in [-0.3, -0.25) is 9.78 Å². The number of benzene rings is 1. The lowest BCUT2D eigenvalue weighted by atomic mass is 10.1. The second-order valence-corrected chi connectivity index (χ2v) is 12.2. The predicted octanol–water partition coefficient (Wildman–Crippen LogP) is 4.69. The molecular formula is C23H21ClF3N3O3S2. The standard InChI is InChI=1S/C23H21ClF3N3O3S2/c24-19-5-6-20(34-19)35(32,33)12-11-30-22(8-9-22)21(31)29-14-15-7-10-28-18(13-15)16-1-3-17(4-2-16)23(25,26)27/h1-7,10,13,30H,8-9,11-12,14H2,(H,29,31). The van der Waals surface area contributed by atoms with Crippen LogP contribution in [-0.4, -0.2) is 37.1 Å². The van der Waals surface area contributed by atoms with Crippen molar-refractivity contribution in [2.24, 2.45) is 0 Å². The molecule has 35 heavy (non-hydrogen) atoms. The molecule has 1 aliphatic rings. The number of aromatic nitrogens is 1. The smallest absolute Gasteiger partial charge is 0.350 e. The Morgan fingerprint density at radius 1 is 1.11 bits per heavy atom. The first kappa shape index (κ1) is 25.6. The minimum atomic E-state index is -4.41. The van der Waals surface area contributed by atoms with Crippen LogP contribution in [0.5, 0.6) is 0 Å². The number of alkyl halides is 3. The van der Waals surface area contributed by atoms with E-state index < -0.39 is 27.1 Å². The van der Waals surface area contributed by atoms with Crippen LogP contribution < -0.4 is 10.6 Å². The monoisotopic (exact) mass is 543 g/mol. The lowest BCUT2D eigenvalue weighted by Crippen LogP contribution is -2.47. The van der Waals surface area contributed by atoms with Crippen molar-refractivity contribution in [3.8, 4) is 11.3 Å². The van der Waals surface area contributed by atoms with Gasteiger partial charge in [-0.2, -0.15) is 13.2 Å². The Bertz CT molecular complexity index is 1320. The van der Waals surface area contributed by atoms with Crippen LogP contribution in [0.3, 0.4) is 0 Å². The predicted molar refractivity (Wildman–Crippen MR) is 128 cm³/mol. The van der Waals surface area contributed by atoms with Gasteiger partial charge in [0, 0.05) is 24.8 Å². The van der Waals surface area contributed by atoms with E-state index in [4.69, 9.17) is 11.6 Å². The third kappa shape index (κ3) is 6.21. The minimum absolute atomic E-state index is 0.124. The molecule has 1 aliphatic carbocycles. The lowest BCUT2D eigenvalue weighted by molar-refractivity contribution is -0.137. The van der Waals surface area contributed by atoms with E-state index in [1.807, 2.05) is 0 Å². The fraction of sp³-hybridized carbons (Fsp3) is 0.304. The number of rotatable bonds is 9. The third-order valence-corrected chi connectivity index (χ3v) is 9.19. The molecule has 2 aromatic heterocycles. The SMILES string of the molecule is O=C(NCc1ccnc(-c2ccc(C(F)(F)F)cc2)c1)C1(NCCS(=O)(=O)c2ccc(Cl)s2)CC1. The Balaban J connectivity index is 1.32. The summed E-state index contributed by atoms with van der Waals surface area (Å²) < 4.78 is 63.7. The highest BCUT2D eigenvalue weighted by atomic mass is 35.5. The Hall–Kier alpha value is -2.47. The van der Waals surface area contributed by atoms with E-state index in [0.717, 1.165) is 29.0 Å².